The Morgan fingerprint density at radius 1 is 1.30 bits per heavy atom. The first-order valence-electron chi connectivity index (χ1n) is 5.86. The number of nitrogens with zero attached hydrogens (tertiary/aromatic N) is 1. The van der Waals surface area contributed by atoms with Crippen LogP contribution in [0.3, 0.4) is 0 Å². The number of pyridine rings is 1. The molecule has 0 aliphatic heterocycles. The van der Waals surface area contributed by atoms with Gasteiger partial charge < -0.3 is 9.84 Å². The SMILES string of the molecule is CCc1cc(C(=O)O)cc(Oc2ccc(F)cc2F)n1. The van der Waals surface area contributed by atoms with Crippen LogP contribution in [0.4, 0.5) is 8.78 Å². The second kappa shape index (κ2) is 5.64. The zero-order valence-electron chi connectivity index (χ0n) is 10.6. The van der Waals surface area contributed by atoms with Gasteiger partial charge in [-0.2, -0.15) is 0 Å². The Bertz CT molecular complexity index is 659. The molecule has 20 heavy (non-hydrogen) atoms. The van der Waals surface area contributed by atoms with Crippen molar-refractivity contribution in [3.8, 4) is 11.6 Å². The lowest BCUT2D eigenvalue weighted by atomic mass is 10.2. The number of carboxylic acid groups (broad SMARTS) is 1. The summed E-state index contributed by atoms with van der Waals surface area (Å²) in [7, 11) is 0. The number of hydrogen-bond acceptors (Lipinski definition) is 3. The van der Waals surface area contributed by atoms with Gasteiger partial charge in [-0.3, -0.25) is 0 Å². The van der Waals surface area contributed by atoms with Crippen molar-refractivity contribution in [3.63, 3.8) is 0 Å². The molecule has 1 N–H and O–H groups in total. The van der Waals surface area contributed by atoms with Crippen LogP contribution >= 0.6 is 0 Å². The van der Waals surface area contributed by atoms with E-state index in [2.05, 4.69) is 4.98 Å². The summed E-state index contributed by atoms with van der Waals surface area (Å²) in [6.45, 7) is 1.80. The van der Waals surface area contributed by atoms with E-state index in [9.17, 15) is 13.6 Å². The quantitative estimate of drug-likeness (QED) is 0.931. The van der Waals surface area contributed by atoms with Crippen LogP contribution in [0.5, 0.6) is 11.6 Å². The molecule has 1 aromatic carbocycles. The van der Waals surface area contributed by atoms with Gasteiger partial charge in [0.1, 0.15) is 5.82 Å². The molecule has 0 aliphatic carbocycles. The first kappa shape index (κ1) is 13.9. The maximum Gasteiger partial charge on any atom is 0.335 e. The lowest BCUT2D eigenvalue weighted by Crippen LogP contribution is -2.02. The van der Waals surface area contributed by atoms with Gasteiger partial charge in [0.25, 0.3) is 0 Å². The summed E-state index contributed by atoms with van der Waals surface area (Å²) in [5.41, 5.74) is 0.497. The molecule has 104 valence electrons. The van der Waals surface area contributed by atoms with Crippen molar-refractivity contribution < 1.29 is 23.4 Å². The molecule has 4 nitrogen and oxygen atoms in total. The second-order valence-corrected chi connectivity index (χ2v) is 4.02. The number of halogens is 2. The molecule has 0 spiro atoms. The smallest absolute Gasteiger partial charge is 0.335 e. The van der Waals surface area contributed by atoms with Gasteiger partial charge >= 0.3 is 5.97 Å². The highest BCUT2D eigenvalue weighted by Gasteiger charge is 2.11. The Hall–Kier alpha value is -2.50. The van der Waals surface area contributed by atoms with Gasteiger partial charge in [0.2, 0.25) is 5.88 Å². The van der Waals surface area contributed by atoms with E-state index in [0.29, 0.717) is 18.2 Å². The number of carbonyl (C=O) groups is 1. The largest absolute Gasteiger partial charge is 0.478 e. The topological polar surface area (TPSA) is 59.4 Å². The highest BCUT2D eigenvalue weighted by molar-refractivity contribution is 5.88. The summed E-state index contributed by atoms with van der Waals surface area (Å²) < 4.78 is 31.4. The molecular weight excluding hydrogens is 268 g/mol. The zero-order valence-corrected chi connectivity index (χ0v) is 10.6. The van der Waals surface area contributed by atoms with Crippen LogP contribution in [0.2, 0.25) is 0 Å². The Balaban J connectivity index is 2.37. The van der Waals surface area contributed by atoms with Gasteiger partial charge in [0.05, 0.1) is 5.56 Å². The van der Waals surface area contributed by atoms with E-state index in [-0.39, 0.29) is 17.2 Å². The Morgan fingerprint density at radius 3 is 2.65 bits per heavy atom. The molecule has 0 radical (unpaired) electrons. The van der Waals surface area contributed by atoms with Crippen LogP contribution in [0.1, 0.15) is 23.0 Å². The average molecular weight is 279 g/mol. The van der Waals surface area contributed by atoms with Crippen molar-refractivity contribution in [3.05, 3.63) is 53.2 Å². The van der Waals surface area contributed by atoms with Crippen LogP contribution in [0.25, 0.3) is 0 Å². The maximum atomic E-state index is 13.5. The number of benzene rings is 1. The molecule has 0 atom stereocenters. The van der Waals surface area contributed by atoms with E-state index in [1.54, 1.807) is 6.92 Å². The van der Waals surface area contributed by atoms with Gasteiger partial charge in [-0.1, -0.05) is 6.92 Å². The number of carboxylic acids is 1. The minimum atomic E-state index is -1.13. The summed E-state index contributed by atoms with van der Waals surface area (Å²) in [5.74, 6) is -3.01. The van der Waals surface area contributed by atoms with Crippen molar-refractivity contribution in [1.82, 2.24) is 4.98 Å². The minimum absolute atomic E-state index is 0.00521. The lowest BCUT2D eigenvalue weighted by Gasteiger charge is -2.08. The number of ether oxygens (including phenoxy) is 1. The molecule has 0 saturated carbocycles. The Labute approximate surface area is 113 Å². The molecule has 1 aromatic heterocycles. The molecule has 0 unspecified atom stereocenters. The highest BCUT2D eigenvalue weighted by atomic mass is 19.1. The van der Waals surface area contributed by atoms with Crippen LogP contribution in [-0.2, 0) is 6.42 Å². The van der Waals surface area contributed by atoms with Crippen molar-refractivity contribution >= 4 is 5.97 Å². The van der Waals surface area contributed by atoms with Crippen LogP contribution < -0.4 is 4.74 Å². The van der Waals surface area contributed by atoms with E-state index in [4.69, 9.17) is 9.84 Å². The Kier molecular flexibility index (Phi) is 3.93. The molecule has 0 fully saturated rings. The molecule has 2 rings (SSSR count). The molecule has 2 aromatic rings. The number of aromatic carboxylic acids is 1. The molecular formula is C14H11F2NO3. The summed E-state index contributed by atoms with van der Waals surface area (Å²) in [5, 5.41) is 8.98. The number of aryl methyl sites for hydroxylation is 1. The minimum Gasteiger partial charge on any atom is -0.478 e. The monoisotopic (exact) mass is 279 g/mol. The van der Waals surface area contributed by atoms with Crippen LogP contribution in [0.15, 0.2) is 30.3 Å². The van der Waals surface area contributed by atoms with E-state index >= 15 is 0 Å². The van der Waals surface area contributed by atoms with Gasteiger partial charge in [-0.25, -0.2) is 18.6 Å². The fraction of sp³-hybridized carbons (Fsp3) is 0.143. The Morgan fingerprint density at radius 2 is 2.05 bits per heavy atom. The standard InChI is InChI=1S/C14H11F2NO3/c1-2-10-5-8(14(18)19)6-13(17-10)20-12-4-3-9(15)7-11(12)16/h3-7H,2H2,1H3,(H,18,19). The molecule has 0 bridgehead atoms. The van der Waals surface area contributed by atoms with Gasteiger partial charge in [0, 0.05) is 17.8 Å². The lowest BCUT2D eigenvalue weighted by molar-refractivity contribution is 0.0696. The first-order valence-corrected chi connectivity index (χ1v) is 5.86. The van der Waals surface area contributed by atoms with E-state index in [1.807, 2.05) is 0 Å². The number of hydrogen-bond donors (Lipinski definition) is 1. The predicted octanol–water partition coefficient (Wildman–Crippen LogP) is 3.41. The normalized spacial score (nSPS) is 10.3. The summed E-state index contributed by atoms with van der Waals surface area (Å²) >= 11 is 0. The van der Waals surface area contributed by atoms with E-state index in [1.165, 1.54) is 12.1 Å². The van der Waals surface area contributed by atoms with Gasteiger partial charge in [-0.15, -0.1) is 0 Å². The average Bonchev–Trinajstić information content (AvgIpc) is 2.41. The van der Waals surface area contributed by atoms with E-state index in [0.717, 1.165) is 12.1 Å². The summed E-state index contributed by atoms with van der Waals surface area (Å²) in [6, 6.07) is 5.43. The molecule has 1 heterocycles. The summed E-state index contributed by atoms with van der Waals surface area (Å²) in [4.78, 5) is 15.0. The molecule has 6 heteroatoms. The van der Waals surface area contributed by atoms with Gasteiger partial charge in [-0.05, 0) is 24.6 Å². The second-order valence-electron chi connectivity index (χ2n) is 4.02. The van der Waals surface area contributed by atoms with Crippen molar-refractivity contribution in [2.75, 3.05) is 0 Å². The maximum absolute atomic E-state index is 13.5. The third-order valence-corrected chi connectivity index (χ3v) is 2.57. The van der Waals surface area contributed by atoms with Crippen LogP contribution in [-0.4, -0.2) is 16.1 Å². The summed E-state index contributed by atoms with van der Waals surface area (Å²) in [6.07, 6.45) is 0.503. The third-order valence-electron chi connectivity index (χ3n) is 2.57. The first-order chi connectivity index (χ1) is 9.49. The zero-order chi connectivity index (χ0) is 14.7. The molecule has 0 saturated heterocycles. The van der Waals surface area contributed by atoms with Gasteiger partial charge in [0.15, 0.2) is 11.6 Å². The van der Waals surface area contributed by atoms with Crippen molar-refractivity contribution in [2.45, 2.75) is 13.3 Å². The highest BCUT2D eigenvalue weighted by Crippen LogP contribution is 2.24. The number of aromatic nitrogens is 1. The fourth-order valence-electron chi connectivity index (χ4n) is 1.59. The predicted molar refractivity (Wildman–Crippen MR) is 67.0 cm³/mol. The molecule has 0 aliphatic rings. The van der Waals surface area contributed by atoms with Crippen molar-refractivity contribution in [1.29, 1.82) is 0 Å². The van der Waals surface area contributed by atoms with Crippen LogP contribution in [0, 0.1) is 11.6 Å². The van der Waals surface area contributed by atoms with Crippen molar-refractivity contribution in [2.24, 2.45) is 0 Å². The number of rotatable bonds is 4. The molecule has 0 amide bonds. The van der Waals surface area contributed by atoms with E-state index < -0.39 is 17.6 Å². The third kappa shape index (κ3) is 3.09. The fourth-order valence-corrected chi connectivity index (χ4v) is 1.59.